The van der Waals surface area contributed by atoms with E-state index in [1.54, 1.807) is 6.20 Å². The van der Waals surface area contributed by atoms with Crippen molar-refractivity contribution in [1.29, 1.82) is 0 Å². The topological polar surface area (TPSA) is 59.1 Å². The molecule has 0 aromatic carbocycles. The highest BCUT2D eigenvalue weighted by Gasteiger charge is 2.18. The summed E-state index contributed by atoms with van der Waals surface area (Å²) < 4.78 is 0. The van der Waals surface area contributed by atoms with Gasteiger partial charge in [-0.15, -0.1) is 0 Å². The summed E-state index contributed by atoms with van der Waals surface area (Å²) in [5, 5.41) is 9.59. The Labute approximate surface area is 71.2 Å². The van der Waals surface area contributed by atoms with Crippen LogP contribution in [0.5, 0.6) is 0 Å². The van der Waals surface area contributed by atoms with Crippen molar-refractivity contribution < 1.29 is 5.11 Å². The molecule has 3 N–H and O–H groups in total. The molecule has 0 aliphatic heterocycles. The number of anilines is 1. The van der Waals surface area contributed by atoms with E-state index < -0.39 is 0 Å². The quantitative estimate of drug-likeness (QED) is 0.602. The van der Waals surface area contributed by atoms with Gasteiger partial charge in [-0.3, -0.25) is 4.98 Å². The zero-order valence-electron chi connectivity index (χ0n) is 6.83. The van der Waals surface area contributed by atoms with Crippen molar-refractivity contribution in [3.63, 3.8) is 0 Å². The van der Waals surface area contributed by atoms with E-state index in [4.69, 9.17) is 5.73 Å². The van der Waals surface area contributed by atoms with Crippen LogP contribution in [0.4, 0.5) is 5.69 Å². The maximum Gasteiger partial charge on any atom is 0.0808 e. The fraction of sp³-hybridized carbons (Fsp3) is 0.444. The first-order valence-electron chi connectivity index (χ1n) is 4.20. The highest BCUT2D eigenvalue weighted by atomic mass is 16.3. The standard InChI is InChI=1S/C9H12N2O/c10-6-4-7-8(11-5-6)2-1-3-9(7)12/h4-5,9,12H,1-3,10H2/t9-/m1/s1. The second-order valence-corrected chi connectivity index (χ2v) is 3.21. The van der Waals surface area contributed by atoms with Gasteiger partial charge in [0.05, 0.1) is 18.0 Å². The molecule has 64 valence electrons. The molecule has 1 aromatic rings. The van der Waals surface area contributed by atoms with E-state index in [-0.39, 0.29) is 6.10 Å². The highest BCUT2D eigenvalue weighted by molar-refractivity contribution is 5.41. The third kappa shape index (κ3) is 1.16. The van der Waals surface area contributed by atoms with Crippen LogP contribution in [0.2, 0.25) is 0 Å². The lowest BCUT2D eigenvalue weighted by Crippen LogP contribution is -2.11. The molecule has 0 spiro atoms. The van der Waals surface area contributed by atoms with Crippen LogP contribution in [0.15, 0.2) is 12.3 Å². The number of aliphatic hydroxyl groups excluding tert-OH is 1. The van der Waals surface area contributed by atoms with Crippen molar-refractivity contribution in [1.82, 2.24) is 4.98 Å². The van der Waals surface area contributed by atoms with Crippen molar-refractivity contribution in [2.75, 3.05) is 5.73 Å². The number of pyridine rings is 1. The molecule has 0 saturated carbocycles. The van der Waals surface area contributed by atoms with Crippen LogP contribution in [-0.4, -0.2) is 10.1 Å². The van der Waals surface area contributed by atoms with Gasteiger partial charge in [0.25, 0.3) is 0 Å². The predicted molar refractivity (Wildman–Crippen MR) is 46.5 cm³/mol. The molecular weight excluding hydrogens is 152 g/mol. The van der Waals surface area contributed by atoms with Gasteiger partial charge in [0.15, 0.2) is 0 Å². The second-order valence-electron chi connectivity index (χ2n) is 3.21. The van der Waals surface area contributed by atoms with Gasteiger partial charge in [-0.2, -0.15) is 0 Å². The van der Waals surface area contributed by atoms with Crippen LogP contribution in [0, 0.1) is 0 Å². The Balaban J connectivity index is 2.47. The predicted octanol–water partition coefficient (Wildman–Crippen LogP) is 1.03. The van der Waals surface area contributed by atoms with Crippen molar-refractivity contribution in [2.24, 2.45) is 0 Å². The molecule has 3 nitrogen and oxygen atoms in total. The number of rotatable bonds is 0. The Kier molecular flexibility index (Phi) is 1.73. The largest absolute Gasteiger partial charge is 0.397 e. The summed E-state index contributed by atoms with van der Waals surface area (Å²) in [4.78, 5) is 4.18. The Hall–Kier alpha value is -1.09. The lowest BCUT2D eigenvalue weighted by molar-refractivity contribution is 0.155. The molecule has 1 atom stereocenters. The van der Waals surface area contributed by atoms with Crippen LogP contribution in [0.25, 0.3) is 0 Å². The van der Waals surface area contributed by atoms with E-state index in [0.29, 0.717) is 5.69 Å². The van der Waals surface area contributed by atoms with Gasteiger partial charge < -0.3 is 10.8 Å². The monoisotopic (exact) mass is 164 g/mol. The molecule has 0 saturated heterocycles. The Morgan fingerprint density at radius 1 is 1.58 bits per heavy atom. The van der Waals surface area contributed by atoms with Gasteiger partial charge in [-0.25, -0.2) is 0 Å². The average molecular weight is 164 g/mol. The molecule has 0 radical (unpaired) electrons. The number of aryl methyl sites for hydroxylation is 1. The molecule has 3 heteroatoms. The molecule has 1 aliphatic rings. The summed E-state index contributed by atoms with van der Waals surface area (Å²) in [6, 6.07) is 1.83. The van der Waals surface area contributed by atoms with Crippen molar-refractivity contribution in [3.05, 3.63) is 23.5 Å². The first-order valence-corrected chi connectivity index (χ1v) is 4.20. The van der Waals surface area contributed by atoms with Crippen LogP contribution < -0.4 is 5.73 Å². The van der Waals surface area contributed by atoms with Gasteiger partial charge >= 0.3 is 0 Å². The summed E-state index contributed by atoms with van der Waals surface area (Å²) in [5.74, 6) is 0. The number of aliphatic hydroxyl groups is 1. The molecule has 1 heterocycles. The van der Waals surface area contributed by atoms with E-state index >= 15 is 0 Å². The summed E-state index contributed by atoms with van der Waals surface area (Å²) in [6.07, 6.45) is 4.11. The average Bonchev–Trinajstić information content (AvgIpc) is 2.07. The maximum atomic E-state index is 9.59. The van der Waals surface area contributed by atoms with Gasteiger partial charge in [-0.05, 0) is 25.3 Å². The number of fused-ring (bicyclic) bond motifs is 1. The molecule has 0 fully saturated rings. The van der Waals surface area contributed by atoms with Gasteiger partial charge in [0.2, 0.25) is 0 Å². The lowest BCUT2D eigenvalue weighted by atomic mass is 9.93. The van der Waals surface area contributed by atoms with Crippen LogP contribution in [0.3, 0.4) is 0 Å². The zero-order chi connectivity index (χ0) is 8.55. The SMILES string of the molecule is Nc1cnc2c(c1)[C@H](O)CCC2. The minimum absolute atomic E-state index is 0.357. The van der Waals surface area contributed by atoms with Crippen LogP contribution in [-0.2, 0) is 6.42 Å². The zero-order valence-corrected chi connectivity index (χ0v) is 6.83. The second kappa shape index (κ2) is 2.75. The normalized spacial score (nSPS) is 21.9. The summed E-state index contributed by atoms with van der Waals surface area (Å²) in [6.45, 7) is 0. The number of nitrogen functional groups attached to an aromatic ring is 1. The Bertz CT molecular complexity index is 299. The van der Waals surface area contributed by atoms with E-state index in [0.717, 1.165) is 30.5 Å². The maximum absolute atomic E-state index is 9.59. The van der Waals surface area contributed by atoms with E-state index in [2.05, 4.69) is 4.98 Å². The lowest BCUT2D eigenvalue weighted by Gasteiger charge is -2.20. The Morgan fingerprint density at radius 3 is 3.25 bits per heavy atom. The van der Waals surface area contributed by atoms with E-state index in [9.17, 15) is 5.11 Å². The molecule has 2 rings (SSSR count). The summed E-state index contributed by atoms with van der Waals surface area (Å²) >= 11 is 0. The smallest absolute Gasteiger partial charge is 0.0808 e. The van der Waals surface area contributed by atoms with Crippen LogP contribution in [0.1, 0.15) is 30.2 Å². The van der Waals surface area contributed by atoms with Crippen molar-refractivity contribution in [2.45, 2.75) is 25.4 Å². The fourth-order valence-electron chi connectivity index (χ4n) is 1.64. The van der Waals surface area contributed by atoms with Gasteiger partial charge in [-0.1, -0.05) is 0 Å². The molecule has 1 aliphatic carbocycles. The number of aromatic nitrogens is 1. The molecule has 0 unspecified atom stereocenters. The minimum atomic E-state index is -0.357. The molecule has 0 amide bonds. The molecule has 1 aromatic heterocycles. The van der Waals surface area contributed by atoms with E-state index in [1.165, 1.54) is 0 Å². The third-order valence-electron chi connectivity index (χ3n) is 2.27. The molecule has 0 bridgehead atoms. The van der Waals surface area contributed by atoms with Crippen molar-refractivity contribution >= 4 is 5.69 Å². The summed E-state index contributed by atoms with van der Waals surface area (Å²) in [5.41, 5.74) is 8.13. The number of nitrogens with zero attached hydrogens (tertiary/aromatic N) is 1. The summed E-state index contributed by atoms with van der Waals surface area (Å²) in [7, 11) is 0. The molecule has 12 heavy (non-hydrogen) atoms. The Morgan fingerprint density at radius 2 is 2.42 bits per heavy atom. The number of hydrogen-bond acceptors (Lipinski definition) is 3. The minimum Gasteiger partial charge on any atom is -0.397 e. The molecular formula is C9H12N2O. The fourth-order valence-corrected chi connectivity index (χ4v) is 1.64. The van der Waals surface area contributed by atoms with Crippen molar-refractivity contribution in [3.8, 4) is 0 Å². The first-order chi connectivity index (χ1) is 5.77. The van der Waals surface area contributed by atoms with Gasteiger partial charge in [0, 0.05) is 11.3 Å². The first kappa shape index (κ1) is 7.55. The van der Waals surface area contributed by atoms with Gasteiger partial charge in [0.1, 0.15) is 0 Å². The number of nitrogens with two attached hydrogens (primary N) is 1. The van der Waals surface area contributed by atoms with E-state index in [1.807, 2.05) is 6.07 Å². The highest BCUT2D eigenvalue weighted by Crippen LogP contribution is 2.28. The number of hydrogen-bond donors (Lipinski definition) is 2. The van der Waals surface area contributed by atoms with Crippen LogP contribution >= 0.6 is 0 Å². The third-order valence-corrected chi connectivity index (χ3v) is 2.27.